The Morgan fingerprint density at radius 1 is 1.14 bits per heavy atom. The summed E-state index contributed by atoms with van der Waals surface area (Å²) >= 11 is 11.5. The fourth-order valence-corrected chi connectivity index (χ4v) is 2.79. The number of nitrogens with one attached hydrogen (secondary N) is 1. The normalized spacial score (nSPS) is 12.2. The molecule has 0 saturated heterocycles. The van der Waals surface area contributed by atoms with Crippen molar-refractivity contribution >= 4 is 40.6 Å². The number of rotatable bonds is 3. The molecule has 28 heavy (non-hydrogen) atoms. The van der Waals surface area contributed by atoms with Crippen molar-refractivity contribution in [3.05, 3.63) is 43.5 Å². The van der Waals surface area contributed by atoms with Gasteiger partial charge in [-0.25, -0.2) is 4.68 Å². The topological polar surface area (TPSA) is 90.1 Å². The number of aromatic nitrogens is 2. The number of anilines is 1. The molecule has 0 radical (unpaired) electrons. The molecule has 0 atom stereocenters. The molecule has 0 aliphatic rings. The largest absolute Gasteiger partial charge is 0.442 e. The van der Waals surface area contributed by atoms with Crippen LogP contribution >= 0.6 is 23.2 Å². The smallest absolute Gasteiger partial charge is 0.305 e. The van der Waals surface area contributed by atoms with Gasteiger partial charge in [0.1, 0.15) is 5.69 Å². The molecule has 152 valence electrons. The van der Waals surface area contributed by atoms with E-state index in [9.17, 15) is 41.3 Å². The van der Waals surface area contributed by atoms with Crippen molar-refractivity contribution in [3.8, 4) is 5.69 Å². The van der Waals surface area contributed by atoms with Crippen LogP contribution in [0.3, 0.4) is 0 Å². The molecule has 1 aromatic carbocycles. The van der Waals surface area contributed by atoms with Gasteiger partial charge in [0, 0.05) is 6.92 Å². The molecule has 1 heterocycles. The van der Waals surface area contributed by atoms with Gasteiger partial charge in [0.15, 0.2) is 0 Å². The number of nitrogens with zero attached hydrogens (tertiary/aromatic N) is 3. The summed E-state index contributed by atoms with van der Waals surface area (Å²) in [6.45, 7) is 0.838. The molecule has 0 spiro atoms. The Kier molecular flexibility index (Phi) is 5.54. The average Bonchev–Trinajstić information content (AvgIpc) is 2.84. The zero-order chi connectivity index (χ0) is 21.6. The lowest BCUT2D eigenvalue weighted by atomic mass is 10.2. The molecule has 15 heteroatoms. The fraction of sp³-hybridized carbons (Fsp3) is 0.231. The molecule has 0 unspecified atom stereocenters. The van der Waals surface area contributed by atoms with Gasteiger partial charge in [-0.05, 0) is 12.1 Å². The van der Waals surface area contributed by atoms with E-state index < -0.39 is 61.7 Å². The minimum Gasteiger partial charge on any atom is -0.305 e. The minimum atomic E-state index is -5.33. The van der Waals surface area contributed by atoms with E-state index in [0.29, 0.717) is 12.1 Å². The molecule has 2 aromatic rings. The molecule has 0 aliphatic heterocycles. The van der Waals surface area contributed by atoms with Crippen LogP contribution < -0.4 is 5.32 Å². The maximum Gasteiger partial charge on any atom is 0.442 e. The molecule has 0 fully saturated rings. The Morgan fingerprint density at radius 3 is 2.00 bits per heavy atom. The van der Waals surface area contributed by atoms with Crippen LogP contribution in [0.1, 0.15) is 18.2 Å². The summed E-state index contributed by atoms with van der Waals surface area (Å²) in [5.41, 5.74) is -5.67. The summed E-state index contributed by atoms with van der Waals surface area (Å²) in [7, 11) is 0. The maximum atomic E-state index is 13.2. The van der Waals surface area contributed by atoms with Gasteiger partial charge in [-0.1, -0.05) is 23.2 Å². The summed E-state index contributed by atoms with van der Waals surface area (Å²) < 4.78 is 78.2. The van der Waals surface area contributed by atoms with Crippen LogP contribution in [0.25, 0.3) is 5.69 Å². The Morgan fingerprint density at radius 2 is 1.64 bits per heavy atom. The Bertz CT molecular complexity index is 947. The van der Waals surface area contributed by atoms with Gasteiger partial charge in [0.25, 0.3) is 0 Å². The first-order chi connectivity index (χ1) is 12.6. The first-order valence-corrected chi connectivity index (χ1v) is 7.59. The van der Waals surface area contributed by atoms with Gasteiger partial charge >= 0.3 is 18.0 Å². The van der Waals surface area contributed by atoms with Crippen molar-refractivity contribution in [2.45, 2.75) is 19.3 Å². The first-order valence-electron chi connectivity index (χ1n) is 6.83. The third-order valence-corrected chi connectivity index (χ3v) is 3.74. The number of amides is 1. The number of hydrogen-bond donors (Lipinski definition) is 1. The monoisotopic (exact) mass is 450 g/mol. The van der Waals surface area contributed by atoms with E-state index in [4.69, 9.17) is 23.2 Å². The van der Waals surface area contributed by atoms with E-state index in [-0.39, 0.29) is 4.68 Å². The molecular formula is C13H6Cl2F6N4O3. The van der Waals surface area contributed by atoms with Crippen molar-refractivity contribution < 1.29 is 36.1 Å². The van der Waals surface area contributed by atoms with Gasteiger partial charge in [-0.3, -0.25) is 14.9 Å². The summed E-state index contributed by atoms with van der Waals surface area (Å²) in [5.74, 6) is -2.09. The summed E-state index contributed by atoms with van der Waals surface area (Å²) in [5, 5.41) is 14.4. The number of benzene rings is 1. The second-order valence-electron chi connectivity index (χ2n) is 5.18. The van der Waals surface area contributed by atoms with E-state index >= 15 is 0 Å². The van der Waals surface area contributed by atoms with Crippen LogP contribution in [0.2, 0.25) is 10.0 Å². The lowest BCUT2D eigenvalue weighted by Gasteiger charge is -2.14. The molecule has 1 amide bonds. The van der Waals surface area contributed by atoms with E-state index in [0.717, 1.165) is 6.92 Å². The molecule has 7 nitrogen and oxygen atoms in total. The number of hydrogen-bond acceptors (Lipinski definition) is 4. The highest BCUT2D eigenvalue weighted by Gasteiger charge is 2.46. The molecule has 1 N–H and O–H groups in total. The fourth-order valence-electron chi connectivity index (χ4n) is 2.15. The Balaban J connectivity index is 2.89. The highest BCUT2D eigenvalue weighted by molar-refractivity contribution is 6.38. The molecule has 0 saturated carbocycles. The van der Waals surface area contributed by atoms with Crippen LogP contribution in [0, 0.1) is 10.1 Å². The zero-order valence-corrected chi connectivity index (χ0v) is 14.8. The van der Waals surface area contributed by atoms with Gasteiger partial charge in [-0.15, -0.1) is 0 Å². The third-order valence-electron chi connectivity index (χ3n) is 3.16. The summed E-state index contributed by atoms with van der Waals surface area (Å²) in [6, 6.07) is 0.697. The highest BCUT2D eigenvalue weighted by atomic mass is 35.5. The standard InChI is InChI=1S/C13H6Cl2F6N4O3/c1-4(26)22-11-9(25(27)28)10(13(19,20)21)23-24(11)8-6(14)2-5(3-7(8)15)12(16,17)18/h2-3H,1H3,(H,22,26). The number of halogens is 8. The van der Waals surface area contributed by atoms with Crippen molar-refractivity contribution in [1.82, 2.24) is 9.78 Å². The van der Waals surface area contributed by atoms with Gasteiger partial charge in [-0.2, -0.15) is 31.4 Å². The van der Waals surface area contributed by atoms with E-state index in [1.54, 1.807) is 5.32 Å². The maximum absolute atomic E-state index is 13.2. The van der Waals surface area contributed by atoms with E-state index in [1.165, 1.54) is 0 Å². The Labute approximate surface area is 161 Å². The number of carbonyl (C=O) groups is 1. The lowest BCUT2D eigenvalue weighted by molar-refractivity contribution is -0.387. The van der Waals surface area contributed by atoms with Crippen LogP contribution in [-0.2, 0) is 17.1 Å². The SMILES string of the molecule is CC(=O)Nc1c([N+](=O)[O-])c(C(F)(F)F)nn1-c1c(Cl)cc(C(F)(F)F)cc1Cl. The van der Waals surface area contributed by atoms with Crippen molar-refractivity contribution in [3.63, 3.8) is 0 Å². The second-order valence-corrected chi connectivity index (χ2v) is 5.99. The predicted molar refractivity (Wildman–Crippen MR) is 84.5 cm³/mol. The van der Waals surface area contributed by atoms with Crippen LogP contribution in [0.5, 0.6) is 0 Å². The quantitative estimate of drug-likeness (QED) is 0.400. The van der Waals surface area contributed by atoms with Crippen LogP contribution in [0.15, 0.2) is 12.1 Å². The van der Waals surface area contributed by atoms with Gasteiger partial charge < -0.3 is 5.32 Å². The summed E-state index contributed by atoms with van der Waals surface area (Å²) in [4.78, 5) is 21.0. The minimum absolute atomic E-state index is 0.160. The highest BCUT2D eigenvalue weighted by Crippen LogP contribution is 2.44. The Hall–Kier alpha value is -2.54. The number of alkyl halides is 6. The summed E-state index contributed by atoms with van der Waals surface area (Å²) in [6.07, 6.45) is -10.2. The molecule has 0 aliphatic carbocycles. The van der Waals surface area contributed by atoms with Crippen molar-refractivity contribution in [2.24, 2.45) is 0 Å². The molecule has 1 aromatic heterocycles. The molecule has 2 rings (SSSR count). The second kappa shape index (κ2) is 7.13. The first kappa shape index (κ1) is 21.8. The van der Waals surface area contributed by atoms with Gasteiger partial charge in [0.05, 0.1) is 20.5 Å². The van der Waals surface area contributed by atoms with Crippen LogP contribution in [-0.4, -0.2) is 20.6 Å². The van der Waals surface area contributed by atoms with E-state index in [2.05, 4.69) is 5.10 Å². The van der Waals surface area contributed by atoms with Crippen molar-refractivity contribution in [2.75, 3.05) is 5.32 Å². The molecular weight excluding hydrogens is 445 g/mol. The van der Waals surface area contributed by atoms with E-state index in [1.807, 2.05) is 0 Å². The number of nitro groups is 1. The predicted octanol–water partition coefficient (Wildman–Crippen LogP) is 5.08. The number of carbonyl (C=O) groups excluding carboxylic acids is 1. The van der Waals surface area contributed by atoms with Crippen molar-refractivity contribution in [1.29, 1.82) is 0 Å². The molecule has 0 bridgehead atoms. The average molecular weight is 451 g/mol. The van der Waals surface area contributed by atoms with Gasteiger partial charge in [0.2, 0.25) is 17.4 Å². The third kappa shape index (κ3) is 4.14. The zero-order valence-electron chi connectivity index (χ0n) is 13.2. The van der Waals surface area contributed by atoms with Crippen LogP contribution in [0.4, 0.5) is 37.8 Å². The lowest BCUT2D eigenvalue weighted by Crippen LogP contribution is -2.13.